The first-order valence-electron chi connectivity index (χ1n) is 10.0. The highest BCUT2D eigenvalue weighted by atomic mass is 32.2. The van der Waals surface area contributed by atoms with E-state index in [1.54, 1.807) is 6.07 Å². The van der Waals surface area contributed by atoms with Gasteiger partial charge in [0.25, 0.3) is 0 Å². The SMILES string of the molecule is Cc1ccc(S(=O)(=O)N2CCC(C)(C(=O)NCc3ccccc3C)CC2)c(C)c1. The van der Waals surface area contributed by atoms with Crippen molar-refractivity contribution in [1.29, 1.82) is 0 Å². The van der Waals surface area contributed by atoms with Crippen molar-refractivity contribution in [3.8, 4) is 0 Å². The maximum atomic E-state index is 13.1. The summed E-state index contributed by atoms with van der Waals surface area (Å²) in [6.07, 6.45) is 1.02. The third-order valence-corrected chi connectivity index (χ3v) is 8.08. The molecular weight excluding hydrogens is 384 g/mol. The van der Waals surface area contributed by atoms with Crippen LogP contribution >= 0.6 is 0 Å². The van der Waals surface area contributed by atoms with Gasteiger partial charge in [-0.1, -0.05) is 48.9 Å². The molecule has 0 spiro atoms. The van der Waals surface area contributed by atoms with Crippen LogP contribution in [0, 0.1) is 26.2 Å². The van der Waals surface area contributed by atoms with Crippen LogP contribution in [0.4, 0.5) is 0 Å². The van der Waals surface area contributed by atoms with E-state index in [0.29, 0.717) is 37.4 Å². The number of hydrogen-bond donors (Lipinski definition) is 1. The van der Waals surface area contributed by atoms with Crippen molar-refractivity contribution in [2.24, 2.45) is 5.41 Å². The average molecular weight is 415 g/mol. The zero-order chi connectivity index (χ0) is 21.2. The molecule has 2 aromatic carbocycles. The number of carbonyl (C=O) groups is 1. The molecular formula is C23H30N2O3S. The largest absolute Gasteiger partial charge is 0.352 e. The predicted molar refractivity (Wildman–Crippen MR) is 115 cm³/mol. The standard InChI is InChI=1S/C23H30N2O3S/c1-17-9-10-21(19(3)15-17)29(27,28)25-13-11-23(4,12-14-25)22(26)24-16-20-8-6-5-7-18(20)2/h5-10,15H,11-14,16H2,1-4H3,(H,24,26). The van der Waals surface area contributed by atoms with Crippen LogP contribution in [0.5, 0.6) is 0 Å². The zero-order valence-electron chi connectivity index (χ0n) is 17.7. The lowest BCUT2D eigenvalue weighted by Gasteiger charge is -2.37. The Hall–Kier alpha value is -2.18. The van der Waals surface area contributed by atoms with E-state index in [1.807, 2.05) is 64.1 Å². The minimum Gasteiger partial charge on any atom is -0.352 e. The van der Waals surface area contributed by atoms with Gasteiger partial charge in [0.2, 0.25) is 15.9 Å². The summed E-state index contributed by atoms with van der Waals surface area (Å²) in [7, 11) is -3.54. The van der Waals surface area contributed by atoms with Crippen LogP contribution in [-0.4, -0.2) is 31.7 Å². The van der Waals surface area contributed by atoms with Crippen molar-refractivity contribution in [3.05, 3.63) is 64.7 Å². The van der Waals surface area contributed by atoms with Gasteiger partial charge in [-0.3, -0.25) is 4.79 Å². The van der Waals surface area contributed by atoms with Gasteiger partial charge in [0.05, 0.1) is 4.90 Å². The second kappa shape index (κ2) is 8.28. The molecule has 2 aromatic rings. The predicted octanol–water partition coefficient (Wildman–Crippen LogP) is 3.72. The number of amides is 1. The molecule has 156 valence electrons. The molecule has 6 heteroatoms. The van der Waals surface area contributed by atoms with Crippen LogP contribution < -0.4 is 5.32 Å². The third-order valence-electron chi connectivity index (χ3n) is 6.02. The van der Waals surface area contributed by atoms with E-state index in [2.05, 4.69) is 5.32 Å². The summed E-state index contributed by atoms with van der Waals surface area (Å²) in [5, 5.41) is 3.04. The topological polar surface area (TPSA) is 66.5 Å². The first-order valence-corrected chi connectivity index (χ1v) is 11.5. The zero-order valence-corrected chi connectivity index (χ0v) is 18.5. The fraction of sp³-hybridized carbons (Fsp3) is 0.435. The maximum absolute atomic E-state index is 13.1. The molecule has 1 amide bonds. The summed E-state index contributed by atoms with van der Waals surface area (Å²) in [5.74, 6) is -0.00989. The van der Waals surface area contributed by atoms with Crippen molar-refractivity contribution in [2.75, 3.05) is 13.1 Å². The lowest BCUT2D eigenvalue weighted by molar-refractivity contribution is -0.132. The highest BCUT2D eigenvalue weighted by molar-refractivity contribution is 7.89. The molecule has 3 rings (SSSR count). The molecule has 1 fully saturated rings. The number of sulfonamides is 1. The first kappa shape index (κ1) is 21.5. The van der Waals surface area contributed by atoms with Crippen LogP contribution in [0.3, 0.4) is 0 Å². The van der Waals surface area contributed by atoms with Gasteiger partial charge in [-0.15, -0.1) is 0 Å². The quantitative estimate of drug-likeness (QED) is 0.811. The van der Waals surface area contributed by atoms with Crippen molar-refractivity contribution in [1.82, 2.24) is 9.62 Å². The maximum Gasteiger partial charge on any atom is 0.243 e. The molecule has 0 atom stereocenters. The van der Waals surface area contributed by atoms with Crippen LogP contribution in [0.25, 0.3) is 0 Å². The van der Waals surface area contributed by atoms with Crippen molar-refractivity contribution >= 4 is 15.9 Å². The van der Waals surface area contributed by atoms with Gasteiger partial charge in [-0.05, 0) is 56.4 Å². The normalized spacial score (nSPS) is 17.1. The number of piperidine rings is 1. The molecule has 0 radical (unpaired) electrons. The number of benzene rings is 2. The van der Waals surface area contributed by atoms with Crippen molar-refractivity contribution in [3.63, 3.8) is 0 Å². The number of aryl methyl sites for hydroxylation is 3. The summed E-state index contributed by atoms with van der Waals surface area (Å²) in [6.45, 7) is 8.93. The molecule has 0 unspecified atom stereocenters. The Balaban J connectivity index is 1.65. The van der Waals surface area contributed by atoms with Crippen LogP contribution in [-0.2, 0) is 21.4 Å². The second-order valence-electron chi connectivity index (χ2n) is 8.34. The monoisotopic (exact) mass is 414 g/mol. The number of carbonyl (C=O) groups excluding carboxylic acids is 1. The summed E-state index contributed by atoms with van der Waals surface area (Å²) in [6, 6.07) is 13.4. The molecule has 1 heterocycles. The first-order chi connectivity index (χ1) is 13.6. The Kier molecular flexibility index (Phi) is 6.15. The average Bonchev–Trinajstić information content (AvgIpc) is 2.67. The summed E-state index contributed by atoms with van der Waals surface area (Å²) >= 11 is 0. The van der Waals surface area contributed by atoms with Crippen LogP contribution in [0.2, 0.25) is 0 Å². The highest BCUT2D eigenvalue weighted by Gasteiger charge is 2.40. The van der Waals surface area contributed by atoms with Gasteiger partial charge in [-0.2, -0.15) is 4.31 Å². The van der Waals surface area contributed by atoms with E-state index in [1.165, 1.54) is 4.31 Å². The summed E-state index contributed by atoms with van der Waals surface area (Å²) in [4.78, 5) is 13.2. The van der Waals surface area contributed by atoms with Crippen molar-refractivity contribution < 1.29 is 13.2 Å². The van der Waals surface area contributed by atoms with Gasteiger partial charge >= 0.3 is 0 Å². The molecule has 0 bridgehead atoms. The van der Waals surface area contributed by atoms with Gasteiger partial charge in [0.1, 0.15) is 0 Å². The number of hydrogen-bond acceptors (Lipinski definition) is 3. The van der Waals surface area contributed by atoms with Gasteiger partial charge in [0, 0.05) is 25.0 Å². The van der Waals surface area contributed by atoms with Crippen LogP contribution in [0.1, 0.15) is 42.0 Å². The minimum absolute atomic E-state index is 0.00989. The Morgan fingerprint density at radius 1 is 1.03 bits per heavy atom. The second-order valence-corrected chi connectivity index (χ2v) is 10.2. The third kappa shape index (κ3) is 4.54. The lowest BCUT2D eigenvalue weighted by atomic mass is 9.80. The Bertz CT molecular complexity index is 1010. The Labute approximate surface area is 174 Å². The van der Waals surface area contributed by atoms with E-state index in [0.717, 1.165) is 22.3 Å². The number of rotatable bonds is 5. The van der Waals surface area contributed by atoms with Gasteiger partial charge in [-0.25, -0.2) is 8.42 Å². The van der Waals surface area contributed by atoms with Gasteiger partial charge in [0.15, 0.2) is 0 Å². The Morgan fingerprint density at radius 2 is 1.69 bits per heavy atom. The molecule has 5 nitrogen and oxygen atoms in total. The highest BCUT2D eigenvalue weighted by Crippen LogP contribution is 2.34. The molecule has 1 N–H and O–H groups in total. The van der Waals surface area contributed by atoms with E-state index in [-0.39, 0.29) is 5.91 Å². The van der Waals surface area contributed by atoms with E-state index in [4.69, 9.17) is 0 Å². The minimum atomic E-state index is -3.54. The van der Waals surface area contributed by atoms with Gasteiger partial charge < -0.3 is 5.32 Å². The summed E-state index contributed by atoms with van der Waals surface area (Å²) in [5.41, 5.74) is 3.48. The number of nitrogens with zero attached hydrogens (tertiary/aromatic N) is 1. The van der Waals surface area contributed by atoms with Crippen LogP contribution in [0.15, 0.2) is 47.4 Å². The Morgan fingerprint density at radius 3 is 2.31 bits per heavy atom. The fourth-order valence-corrected chi connectivity index (χ4v) is 5.52. The number of nitrogens with one attached hydrogen (secondary N) is 1. The lowest BCUT2D eigenvalue weighted by Crippen LogP contribution is -2.48. The van der Waals surface area contributed by atoms with Crippen molar-refractivity contribution in [2.45, 2.75) is 52.0 Å². The molecule has 29 heavy (non-hydrogen) atoms. The fourth-order valence-electron chi connectivity index (χ4n) is 3.87. The van der Waals surface area contributed by atoms with E-state index >= 15 is 0 Å². The molecule has 1 aliphatic heterocycles. The van der Waals surface area contributed by atoms with E-state index in [9.17, 15) is 13.2 Å². The molecule has 0 aliphatic carbocycles. The van der Waals surface area contributed by atoms with E-state index < -0.39 is 15.4 Å². The molecule has 1 saturated heterocycles. The summed E-state index contributed by atoms with van der Waals surface area (Å²) < 4.78 is 27.7. The molecule has 0 aromatic heterocycles. The molecule has 0 saturated carbocycles. The molecule has 1 aliphatic rings. The smallest absolute Gasteiger partial charge is 0.243 e.